The van der Waals surface area contributed by atoms with Gasteiger partial charge < -0.3 is 9.84 Å². The number of hydrogen-bond acceptors (Lipinski definition) is 4. The summed E-state index contributed by atoms with van der Waals surface area (Å²) in [5.74, 6) is 0. The Morgan fingerprint density at radius 2 is 2.05 bits per heavy atom. The zero-order chi connectivity index (χ0) is 13.9. The third-order valence-corrected chi connectivity index (χ3v) is 5.99. The van der Waals surface area contributed by atoms with Crippen LogP contribution >= 0.6 is 0 Å². The van der Waals surface area contributed by atoms with E-state index in [1.54, 1.807) is 11.4 Å². The third-order valence-electron chi connectivity index (χ3n) is 3.85. The smallest absolute Gasteiger partial charge is 0.282 e. The van der Waals surface area contributed by atoms with E-state index in [1.165, 1.54) is 4.31 Å². The van der Waals surface area contributed by atoms with Crippen molar-refractivity contribution < 1.29 is 18.3 Å². The molecular weight excluding hydrogens is 268 g/mol. The highest BCUT2D eigenvalue weighted by Crippen LogP contribution is 2.32. The van der Waals surface area contributed by atoms with Crippen molar-refractivity contribution in [1.82, 2.24) is 8.61 Å². The molecule has 7 heteroatoms. The van der Waals surface area contributed by atoms with Crippen molar-refractivity contribution in [2.24, 2.45) is 0 Å². The van der Waals surface area contributed by atoms with Gasteiger partial charge in [0.15, 0.2) is 0 Å². The van der Waals surface area contributed by atoms with E-state index in [-0.39, 0.29) is 18.7 Å². The highest BCUT2D eigenvalue weighted by molar-refractivity contribution is 7.86. The summed E-state index contributed by atoms with van der Waals surface area (Å²) in [6.45, 7) is 1.23. The molecule has 1 atom stereocenters. The van der Waals surface area contributed by atoms with Crippen LogP contribution in [-0.4, -0.2) is 67.6 Å². The monoisotopic (exact) mass is 292 g/mol. The van der Waals surface area contributed by atoms with Crippen molar-refractivity contribution >= 4 is 10.2 Å². The number of nitrogens with zero attached hydrogens (tertiary/aromatic N) is 2. The number of aliphatic hydroxyl groups excluding tert-OH is 1. The van der Waals surface area contributed by atoms with Crippen LogP contribution in [0.3, 0.4) is 0 Å². The first-order valence-electron chi connectivity index (χ1n) is 6.99. The van der Waals surface area contributed by atoms with E-state index in [4.69, 9.17) is 4.74 Å². The van der Waals surface area contributed by atoms with Crippen LogP contribution in [0.4, 0.5) is 0 Å². The minimum atomic E-state index is -3.47. The first-order chi connectivity index (χ1) is 9.11. The van der Waals surface area contributed by atoms with Gasteiger partial charge >= 0.3 is 0 Å². The van der Waals surface area contributed by atoms with E-state index in [0.717, 1.165) is 32.1 Å². The average Bonchev–Trinajstić information content (AvgIpc) is 3.23. The maximum Gasteiger partial charge on any atom is 0.282 e. The molecule has 1 N–H and O–H groups in total. The molecule has 0 spiro atoms. The second-order valence-corrected chi connectivity index (χ2v) is 7.12. The van der Waals surface area contributed by atoms with Gasteiger partial charge in [0.05, 0.1) is 13.2 Å². The summed E-state index contributed by atoms with van der Waals surface area (Å²) in [4.78, 5) is 0. The lowest BCUT2D eigenvalue weighted by Crippen LogP contribution is -2.53. The van der Waals surface area contributed by atoms with Crippen molar-refractivity contribution in [2.45, 2.75) is 44.2 Å². The van der Waals surface area contributed by atoms with E-state index in [2.05, 4.69) is 0 Å². The molecule has 0 aromatic carbocycles. The van der Waals surface area contributed by atoms with Crippen LogP contribution in [0, 0.1) is 0 Å². The molecule has 0 aromatic heterocycles. The minimum Gasteiger partial charge on any atom is -0.395 e. The summed E-state index contributed by atoms with van der Waals surface area (Å²) < 4.78 is 33.5. The predicted octanol–water partition coefficient (Wildman–Crippen LogP) is 0.189. The Balaban J connectivity index is 2.12. The molecular formula is C12H24N2O4S. The molecule has 1 aliphatic carbocycles. The molecule has 2 rings (SSSR count). The normalized spacial score (nSPS) is 25.9. The van der Waals surface area contributed by atoms with Gasteiger partial charge in [-0.25, -0.2) is 0 Å². The topological polar surface area (TPSA) is 70.1 Å². The van der Waals surface area contributed by atoms with Gasteiger partial charge in [-0.15, -0.1) is 0 Å². The maximum absolute atomic E-state index is 12.7. The molecule has 1 heterocycles. The summed E-state index contributed by atoms with van der Waals surface area (Å²) in [6.07, 6.45) is 4.47. The Labute approximate surface area is 115 Å². The minimum absolute atomic E-state index is 0.0952. The van der Waals surface area contributed by atoms with Gasteiger partial charge in [-0.05, 0) is 25.7 Å². The van der Waals surface area contributed by atoms with Gasteiger partial charge in [-0.1, -0.05) is 6.42 Å². The van der Waals surface area contributed by atoms with Crippen LogP contribution < -0.4 is 0 Å². The SMILES string of the molecule is COCCN(C1CC1)S(=O)(=O)N1CCCCC1CO. The molecule has 1 saturated heterocycles. The van der Waals surface area contributed by atoms with Crippen molar-refractivity contribution in [3.8, 4) is 0 Å². The fourth-order valence-electron chi connectivity index (χ4n) is 2.63. The summed E-state index contributed by atoms with van der Waals surface area (Å²) in [6, 6.07) is -0.135. The second kappa shape index (κ2) is 6.49. The second-order valence-electron chi connectivity index (χ2n) is 5.29. The Bertz CT molecular complexity index is 383. The molecule has 19 heavy (non-hydrogen) atoms. The van der Waals surface area contributed by atoms with Crippen molar-refractivity contribution in [3.63, 3.8) is 0 Å². The molecule has 0 amide bonds. The molecule has 2 fully saturated rings. The highest BCUT2D eigenvalue weighted by Gasteiger charge is 2.42. The first kappa shape index (κ1) is 15.2. The summed E-state index contributed by atoms with van der Waals surface area (Å²) >= 11 is 0. The lowest BCUT2D eigenvalue weighted by molar-refractivity contribution is 0.139. The van der Waals surface area contributed by atoms with Crippen LogP contribution in [-0.2, 0) is 14.9 Å². The largest absolute Gasteiger partial charge is 0.395 e. The average molecular weight is 292 g/mol. The Morgan fingerprint density at radius 1 is 1.32 bits per heavy atom. The van der Waals surface area contributed by atoms with E-state index in [9.17, 15) is 13.5 Å². The zero-order valence-corrected chi connectivity index (χ0v) is 12.3. The van der Waals surface area contributed by atoms with E-state index in [0.29, 0.717) is 19.7 Å². The molecule has 6 nitrogen and oxygen atoms in total. The lowest BCUT2D eigenvalue weighted by Gasteiger charge is -2.37. The van der Waals surface area contributed by atoms with Gasteiger partial charge in [-0.2, -0.15) is 17.0 Å². The Hall–Kier alpha value is -0.210. The standard InChI is InChI=1S/C12H24N2O4S/c1-18-9-8-14(11-5-6-11)19(16,17)13-7-3-2-4-12(13)10-15/h11-12,15H,2-10H2,1H3. The van der Waals surface area contributed by atoms with Gasteiger partial charge in [0.25, 0.3) is 10.2 Å². The zero-order valence-electron chi connectivity index (χ0n) is 11.5. The summed E-state index contributed by atoms with van der Waals surface area (Å²) in [5.41, 5.74) is 0. The Kier molecular flexibility index (Phi) is 5.19. The molecule has 2 aliphatic rings. The van der Waals surface area contributed by atoms with E-state index >= 15 is 0 Å². The number of piperidine rings is 1. The van der Waals surface area contributed by atoms with Crippen LogP contribution in [0.25, 0.3) is 0 Å². The van der Waals surface area contributed by atoms with Crippen LogP contribution in [0.5, 0.6) is 0 Å². The quantitative estimate of drug-likeness (QED) is 0.727. The van der Waals surface area contributed by atoms with Crippen molar-refractivity contribution in [3.05, 3.63) is 0 Å². The number of aliphatic hydroxyl groups is 1. The summed E-state index contributed by atoms with van der Waals surface area (Å²) in [7, 11) is -1.89. The number of rotatable bonds is 7. The van der Waals surface area contributed by atoms with Gasteiger partial charge in [0, 0.05) is 32.3 Å². The molecule has 0 bridgehead atoms. The predicted molar refractivity (Wildman–Crippen MR) is 72.0 cm³/mol. The fraction of sp³-hybridized carbons (Fsp3) is 1.00. The maximum atomic E-state index is 12.7. The number of methoxy groups -OCH3 is 1. The highest BCUT2D eigenvalue weighted by atomic mass is 32.2. The fourth-order valence-corrected chi connectivity index (χ4v) is 4.70. The Morgan fingerprint density at radius 3 is 2.63 bits per heavy atom. The van der Waals surface area contributed by atoms with E-state index < -0.39 is 10.2 Å². The molecule has 0 aromatic rings. The lowest BCUT2D eigenvalue weighted by atomic mass is 10.1. The van der Waals surface area contributed by atoms with Crippen LogP contribution in [0.2, 0.25) is 0 Å². The number of ether oxygens (including phenoxy) is 1. The van der Waals surface area contributed by atoms with Crippen molar-refractivity contribution in [1.29, 1.82) is 0 Å². The first-order valence-corrected chi connectivity index (χ1v) is 8.39. The third kappa shape index (κ3) is 3.46. The molecule has 0 radical (unpaired) electrons. The molecule has 1 aliphatic heterocycles. The van der Waals surface area contributed by atoms with Crippen LogP contribution in [0.1, 0.15) is 32.1 Å². The van der Waals surface area contributed by atoms with Gasteiger partial charge in [-0.3, -0.25) is 0 Å². The molecule has 1 saturated carbocycles. The van der Waals surface area contributed by atoms with E-state index in [1.807, 2.05) is 0 Å². The van der Waals surface area contributed by atoms with Gasteiger partial charge in [0.2, 0.25) is 0 Å². The molecule has 1 unspecified atom stereocenters. The summed E-state index contributed by atoms with van der Waals surface area (Å²) in [5, 5.41) is 9.39. The van der Waals surface area contributed by atoms with Crippen LogP contribution in [0.15, 0.2) is 0 Å². The number of hydrogen-bond donors (Lipinski definition) is 1. The molecule has 112 valence electrons. The van der Waals surface area contributed by atoms with Crippen molar-refractivity contribution in [2.75, 3.05) is 33.4 Å². The van der Waals surface area contributed by atoms with Gasteiger partial charge in [0.1, 0.15) is 0 Å².